The van der Waals surface area contributed by atoms with Crippen molar-refractivity contribution < 1.29 is 71.7 Å². The molecular formula is C72H77ClF12N12O4. The Morgan fingerprint density at radius 3 is 1.36 bits per heavy atom. The van der Waals surface area contributed by atoms with Crippen molar-refractivity contribution in [2.75, 3.05) is 98.2 Å². The third-order valence-electron chi connectivity index (χ3n) is 19.1. The van der Waals surface area contributed by atoms with E-state index in [1.54, 1.807) is 17.0 Å². The van der Waals surface area contributed by atoms with Crippen LogP contribution in [0.5, 0.6) is 11.5 Å². The quantitative estimate of drug-likeness (QED) is 0.0268. The van der Waals surface area contributed by atoms with Gasteiger partial charge in [0.2, 0.25) is 11.8 Å². The molecule has 3 atom stereocenters. The van der Waals surface area contributed by atoms with Gasteiger partial charge in [0, 0.05) is 194 Å². The van der Waals surface area contributed by atoms with Gasteiger partial charge < -0.3 is 50.5 Å². The van der Waals surface area contributed by atoms with Crippen LogP contribution in [-0.2, 0) is 61.2 Å². The smallest absolute Gasteiger partial charge is 0.406 e. The highest BCUT2D eigenvalue weighted by molar-refractivity contribution is 6.31. The number of aromatic nitrogens is 2. The number of benzene rings is 6. The van der Waals surface area contributed by atoms with E-state index in [1.165, 1.54) is 36.4 Å². The summed E-state index contributed by atoms with van der Waals surface area (Å²) in [6.45, 7) is 10.1. The molecule has 3 unspecified atom stereocenters. The molecule has 0 radical (unpaired) electrons. The van der Waals surface area contributed by atoms with Gasteiger partial charge in [0.1, 0.15) is 11.5 Å². The molecule has 4 fully saturated rings. The second-order valence-electron chi connectivity index (χ2n) is 26.0. The molecule has 6 heterocycles. The number of hydrogen-bond acceptors (Lipinski definition) is 12. The van der Waals surface area contributed by atoms with E-state index in [9.17, 15) is 62.3 Å². The lowest BCUT2D eigenvalue weighted by Crippen LogP contribution is -2.57. The van der Waals surface area contributed by atoms with E-state index >= 15 is 0 Å². The first-order valence-electron chi connectivity index (χ1n) is 33.6. The average Bonchev–Trinajstić information content (AvgIpc) is 1.68. The summed E-state index contributed by atoms with van der Waals surface area (Å²) in [6.07, 6.45) is -14.6. The topological polar surface area (TPSA) is 148 Å². The van der Waals surface area contributed by atoms with Crippen LogP contribution in [0.15, 0.2) is 134 Å². The number of nitrogens with zero attached hydrogens (tertiary/aromatic N) is 6. The maximum atomic E-state index is 13.9. The van der Waals surface area contributed by atoms with Crippen LogP contribution in [0, 0.1) is 0 Å². The Morgan fingerprint density at radius 1 is 0.485 bits per heavy atom. The standard InChI is InChI=1S/C72H77ClF12N12O4/c73-61-8-1-5-52(57(61)42-94-31-27-92(28-32-94)40-46-9-19-65-53(35-46)55(48-11-15-50(16-12-48)100-71(80,81)82)44-96(65)25-3-21-88-67(98)63-37-86-23-24-87-63)62-38-91-64(39-90-62)68(99)89-22-4-26-97-45-56(49-13-17-51(18-14-49)101-72(83,84)85)54-36-47(10-20-66(54)97)41-93-29-33-95(34-30-93)43-58-59(69(74,75)76)6-2-7-60(58)70(77,78)79/h1-2,5-20,35-36,44-45,62-64,86-87,90-91H,3-4,21-34,37-43H2,(H,88,98)(H,89,99). The molecule has 540 valence electrons. The SMILES string of the molecule is O=C(NCCCn1cc(-c2ccc(OC(F)(F)F)cc2)c2cc(CN3CCN(Cc4c(Cl)cccc4C4CNC(C(=O)NCCCn5cc(-c6ccc(OC(F)(F)F)cc6)c6cc(CN7CCN(Cc8c(C(F)(F)F)cccc8C(F)(F)F)CC7)ccc65)CN4)CC3)ccc21)C1CNCCN1. The van der Waals surface area contributed by atoms with Crippen LogP contribution in [0.25, 0.3) is 44.1 Å². The number of piperazine rings is 4. The molecule has 0 spiro atoms. The van der Waals surface area contributed by atoms with E-state index < -0.39 is 54.4 Å². The third kappa shape index (κ3) is 18.7. The lowest BCUT2D eigenvalue weighted by atomic mass is 9.97. The maximum absolute atomic E-state index is 13.9. The van der Waals surface area contributed by atoms with E-state index in [0.29, 0.717) is 121 Å². The van der Waals surface area contributed by atoms with Crippen LogP contribution in [0.2, 0.25) is 5.02 Å². The summed E-state index contributed by atoms with van der Waals surface area (Å²) in [5.74, 6) is -0.944. The van der Waals surface area contributed by atoms with Gasteiger partial charge in [0.05, 0.1) is 23.2 Å². The molecule has 101 heavy (non-hydrogen) atoms. The van der Waals surface area contributed by atoms with Crippen molar-refractivity contribution in [3.8, 4) is 33.8 Å². The lowest BCUT2D eigenvalue weighted by Gasteiger charge is -2.36. The average molecular weight is 1440 g/mol. The maximum Gasteiger partial charge on any atom is 0.573 e. The molecule has 16 nitrogen and oxygen atoms in total. The van der Waals surface area contributed by atoms with Crippen LogP contribution < -0.4 is 41.4 Å². The van der Waals surface area contributed by atoms with Crippen LogP contribution in [0.3, 0.4) is 0 Å². The van der Waals surface area contributed by atoms with Crippen LogP contribution in [0.1, 0.15) is 57.8 Å². The highest BCUT2D eigenvalue weighted by Gasteiger charge is 2.42. The zero-order valence-corrected chi connectivity index (χ0v) is 55.7. The molecule has 2 amide bonds. The number of halogens is 13. The van der Waals surface area contributed by atoms with E-state index in [4.69, 9.17) is 11.6 Å². The van der Waals surface area contributed by atoms with Gasteiger partial charge in [-0.05, 0) is 119 Å². The molecule has 6 N–H and O–H groups in total. The summed E-state index contributed by atoms with van der Waals surface area (Å²) >= 11 is 6.98. The minimum atomic E-state index is -4.98. The van der Waals surface area contributed by atoms with Crippen molar-refractivity contribution in [2.45, 2.75) is 95.3 Å². The monoisotopic (exact) mass is 1440 g/mol. The highest BCUT2D eigenvalue weighted by Crippen LogP contribution is 2.42. The van der Waals surface area contributed by atoms with Crippen molar-refractivity contribution in [3.05, 3.63) is 178 Å². The number of fused-ring (bicyclic) bond motifs is 2. The molecule has 29 heteroatoms. The van der Waals surface area contributed by atoms with Gasteiger partial charge in [0.25, 0.3) is 0 Å². The molecule has 2 aromatic heterocycles. The first kappa shape index (κ1) is 72.8. The summed E-state index contributed by atoms with van der Waals surface area (Å²) in [7, 11) is 0. The van der Waals surface area contributed by atoms with Crippen molar-refractivity contribution in [1.29, 1.82) is 0 Å². The summed E-state index contributed by atoms with van der Waals surface area (Å²) in [6, 6.07) is 30.6. The Morgan fingerprint density at radius 2 is 0.931 bits per heavy atom. The summed E-state index contributed by atoms with van der Waals surface area (Å²) < 4.78 is 175. The second-order valence-corrected chi connectivity index (χ2v) is 26.4. The fourth-order valence-electron chi connectivity index (χ4n) is 14.0. The van der Waals surface area contributed by atoms with Crippen molar-refractivity contribution >= 4 is 45.2 Å². The molecule has 0 bridgehead atoms. The molecule has 4 aliphatic heterocycles. The lowest BCUT2D eigenvalue weighted by molar-refractivity contribution is -0.275. The number of carbonyl (C=O) groups is 2. The Hall–Kier alpha value is -7.93. The fourth-order valence-corrected chi connectivity index (χ4v) is 14.2. The normalized spacial score (nSPS) is 18.9. The Labute approximate surface area is 580 Å². The number of alkyl halides is 12. The molecule has 4 aliphatic rings. The zero-order valence-electron chi connectivity index (χ0n) is 54.9. The van der Waals surface area contributed by atoms with Gasteiger partial charge in [-0.25, -0.2) is 0 Å². The molecular weight excluding hydrogens is 1360 g/mol. The molecule has 6 aromatic carbocycles. The fraction of sp³-hybridized carbons (Fsp3) is 0.417. The predicted molar refractivity (Wildman–Crippen MR) is 360 cm³/mol. The number of nitrogens with one attached hydrogen (secondary N) is 6. The third-order valence-corrected chi connectivity index (χ3v) is 19.4. The van der Waals surface area contributed by atoms with Crippen LogP contribution in [0.4, 0.5) is 52.7 Å². The molecule has 0 aliphatic carbocycles. The number of ether oxygens (including phenoxy) is 2. The number of hydrogen-bond donors (Lipinski definition) is 6. The van der Waals surface area contributed by atoms with Gasteiger partial charge in [-0.3, -0.25) is 29.2 Å². The van der Waals surface area contributed by atoms with E-state index in [-0.39, 0.29) is 48.5 Å². The summed E-state index contributed by atoms with van der Waals surface area (Å²) in [4.78, 5) is 34.9. The Balaban J connectivity index is 0.632. The molecule has 0 saturated carbocycles. The first-order valence-corrected chi connectivity index (χ1v) is 34.0. The first-order chi connectivity index (χ1) is 48.2. The number of aryl methyl sites for hydroxylation is 2. The van der Waals surface area contributed by atoms with E-state index in [1.807, 2.05) is 47.3 Å². The number of carbonyl (C=O) groups excluding carboxylic acids is 2. The minimum Gasteiger partial charge on any atom is -0.406 e. The molecule has 12 rings (SSSR count). The Bertz CT molecular complexity index is 4120. The summed E-state index contributed by atoms with van der Waals surface area (Å²) in [5, 5.41) is 21.9. The van der Waals surface area contributed by atoms with Crippen LogP contribution >= 0.6 is 11.6 Å². The van der Waals surface area contributed by atoms with Gasteiger partial charge in [0.15, 0.2) is 0 Å². The van der Waals surface area contributed by atoms with Gasteiger partial charge in [-0.2, -0.15) is 26.3 Å². The summed E-state index contributed by atoms with van der Waals surface area (Å²) in [5.41, 5.74) is 5.23. The van der Waals surface area contributed by atoms with Gasteiger partial charge in [-0.15, -0.1) is 26.3 Å². The van der Waals surface area contributed by atoms with Crippen molar-refractivity contribution in [2.24, 2.45) is 0 Å². The largest absolute Gasteiger partial charge is 0.573 e. The van der Waals surface area contributed by atoms with Crippen molar-refractivity contribution in [1.82, 2.24) is 60.6 Å². The number of amides is 2. The van der Waals surface area contributed by atoms with Crippen molar-refractivity contribution in [3.63, 3.8) is 0 Å². The van der Waals surface area contributed by atoms with Gasteiger partial charge >= 0.3 is 25.1 Å². The number of rotatable bonds is 23. The highest BCUT2D eigenvalue weighted by atomic mass is 35.5. The second kappa shape index (κ2) is 31.3. The minimum absolute atomic E-state index is 0.0586. The predicted octanol–water partition coefficient (Wildman–Crippen LogP) is 11.9. The van der Waals surface area contributed by atoms with Gasteiger partial charge in [-0.1, -0.05) is 66.2 Å². The van der Waals surface area contributed by atoms with Crippen LogP contribution in [-0.4, -0.2) is 164 Å². The van der Waals surface area contributed by atoms with E-state index in [0.717, 1.165) is 99.5 Å². The van der Waals surface area contributed by atoms with E-state index in [2.05, 4.69) is 84.9 Å². The zero-order chi connectivity index (χ0) is 71.2. The molecule has 8 aromatic rings. The Kier molecular flexibility index (Phi) is 22.6. The molecule has 4 saturated heterocycles.